The highest BCUT2D eigenvalue weighted by Crippen LogP contribution is 2.26. The fourth-order valence-electron chi connectivity index (χ4n) is 3.42. The van der Waals surface area contributed by atoms with E-state index in [1.54, 1.807) is 19.9 Å². The Morgan fingerprint density at radius 1 is 0.970 bits per heavy atom. The number of alkyl halides is 1. The van der Waals surface area contributed by atoms with Crippen molar-refractivity contribution < 1.29 is 4.39 Å². The molecule has 0 saturated heterocycles. The van der Waals surface area contributed by atoms with Gasteiger partial charge >= 0.3 is 0 Å². The van der Waals surface area contributed by atoms with Gasteiger partial charge in [0.15, 0.2) is 0 Å². The molecule has 2 aromatic carbocycles. The maximum Gasteiger partial charge on any atom is 0.130 e. The summed E-state index contributed by atoms with van der Waals surface area (Å²) in [5, 5.41) is 0. The molecule has 33 heavy (non-hydrogen) atoms. The third kappa shape index (κ3) is 10.2. The van der Waals surface area contributed by atoms with Gasteiger partial charge in [0.25, 0.3) is 0 Å². The van der Waals surface area contributed by atoms with Crippen LogP contribution >= 0.6 is 0 Å². The summed E-state index contributed by atoms with van der Waals surface area (Å²) in [6.07, 6.45) is 6.91. The van der Waals surface area contributed by atoms with Gasteiger partial charge < -0.3 is 0 Å². The predicted octanol–water partition coefficient (Wildman–Crippen LogP) is 10.4. The van der Waals surface area contributed by atoms with Gasteiger partial charge in [-0.25, -0.2) is 4.39 Å². The Bertz CT molecular complexity index is 958. The molecule has 0 nitrogen and oxygen atoms in total. The second-order valence-electron chi connectivity index (χ2n) is 8.76. The van der Waals surface area contributed by atoms with Crippen molar-refractivity contribution in [3.05, 3.63) is 107 Å². The Morgan fingerprint density at radius 2 is 1.52 bits per heavy atom. The second kappa shape index (κ2) is 14.5. The van der Waals surface area contributed by atoms with E-state index in [1.807, 2.05) is 45.9 Å². The predicted molar refractivity (Wildman–Crippen MR) is 150 cm³/mol. The summed E-state index contributed by atoms with van der Waals surface area (Å²) >= 11 is 0. The molecule has 0 atom stereocenters. The fourth-order valence-corrected chi connectivity index (χ4v) is 3.42. The van der Waals surface area contributed by atoms with Crippen molar-refractivity contribution in [1.29, 1.82) is 0 Å². The van der Waals surface area contributed by atoms with Crippen LogP contribution < -0.4 is 0 Å². The van der Waals surface area contributed by atoms with E-state index in [-0.39, 0.29) is 0 Å². The van der Waals surface area contributed by atoms with Crippen molar-refractivity contribution in [3.8, 4) is 0 Å². The van der Waals surface area contributed by atoms with Gasteiger partial charge in [0, 0.05) is 0 Å². The third-order valence-electron chi connectivity index (χ3n) is 5.36. The molecule has 0 aliphatic carbocycles. The van der Waals surface area contributed by atoms with Gasteiger partial charge in [-0.05, 0) is 88.3 Å². The highest BCUT2D eigenvalue weighted by atomic mass is 19.1. The number of hydrogen-bond acceptors (Lipinski definition) is 0. The third-order valence-corrected chi connectivity index (χ3v) is 5.36. The molecule has 1 heteroatoms. The molecule has 0 unspecified atom stereocenters. The van der Waals surface area contributed by atoms with Gasteiger partial charge in [0.1, 0.15) is 5.67 Å². The van der Waals surface area contributed by atoms with Gasteiger partial charge in [0.2, 0.25) is 0 Å². The van der Waals surface area contributed by atoms with Crippen LogP contribution in [0, 0.1) is 13.8 Å². The van der Waals surface area contributed by atoms with E-state index >= 15 is 0 Å². The average Bonchev–Trinajstić information content (AvgIpc) is 2.77. The minimum absolute atomic E-state index is 0.764. The van der Waals surface area contributed by atoms with E-state index in [2.05, 4.69) is 71.2 Å². The normalized spacial score (nSPS) is 11.6. The SMILES string of the molecule is C=C/C=C\C(C)=C(/C)c1ccc(C(=C)C)c(CC)c1.CC.Cc1cc(C)cc(C(C)(C)F)c1. The molecule has 2 rings (SSSR count). The summed E-state index contributed by atoms with van der Waals surface area (Å²) in [5.74, 6) is 0. The number of aryl methyl sites for hydroxylation is 3. The first-order valence-corrected chi connectivity index (χ1v) is 11.9. The molecule has 2 aromatic rings. The van der Waals surface area contributed by atoms with Crippen LogP contribution in [0.3, 0.4) is 0 Å². The van der Waals surface area contributed by atoms with Crippen LogP contribution in [-0.2, 0) is 12.1 Å². The standard InChI is InChI=1S/C19H24.C11H15F.C2H6/c1-7-9-10-15(5)16(6)18-11-12-19(14(3)4)17(8-2)13-18;1-8-5-9(2)7-10(6-8)11(3,4)12;1-2/h7,9-13H,1,3,8H2,2,4-6H3;5-7H,1-4H3;1-2H3/b10-9-,16-15+;;. The fraction of sp³-hybridized carbons (Fsp3) is 0.375. The molecular formula is C32H45F. The zero-order chi connectivity index (χ0) is 25.8. The van der Waals surface area contributed by atoms with Crippen molar-refractivity contribution in [3.63, 3.8) is 0 Å². The van der Waals surface area contributed by atoms with Gasteiger partial charge in [-0.1, -0.05) is 105 Å². The van der Waals surface area contributed by atoms with Crippen LogP contribution in [0.4, 0.5) is 4.39 Å². The molecular weight excluding hydrogens is 403 g/mol. The molecule has 0 N–H and O–H groups in total. The van der Waals surface area contributed by atoms with Gasteiger partial charge in [-0.3, -0.25) is 0 Å². The van der Waals surface area contributed by atoms with E-state index < -0.39 is 5.67 Å². The van der Waals surface area contributed by atoms with Crippen molar-refractivity contribution in [1.82, 2.24) is 0 Å². The topological polar surface area (TPSA) is 0 Å². The molecule has 0 aliphatic heterocycles. The van der Waals surface area contributed by atoms with Crippen LogP contribution in [0.1, 0.15) is 88.8 Å². The molecule has 0 heterocycles. The summed E-state index contributed by atoms with van der Waals surface area (Å²) in [7, 11) is 0. The summed E-state index contributed by atoms with van der Waals surface area (Å²) < 4.78 is 13.5. The van der Waals surface area contributed by atoms with Gasteiger partial charge in [-0.2, -0.15) is 0 Å². The van der Waals surface area contributed by atoms with Crippen LogP contribution in [0.25, 0.3) is 11.1 Å². The number of benzene rings is 2. The van der Waals surface area contributed by atoms with Gasteiger partial charge in [-0.15, -0.1) is 0 Å². The molecule has 0 aromatic heterocycles. The van der Waals surface area contributed by atoms with Crippen molar-refractivity contribution in [2.45, 2.75) is 81.3 Å². The Hall–Kier alpha value is -2.67. The largest absolute Gasteiger partial charge is 0.239 e. The number of allylic oxidation sites excluding steroid dienone is 6. The lowest BCUT2D eigenvalue weighted by Gasteiger charge is -2.15. The quantitative estimate of drug-likeness (QED) is 0.385. The Kier molecular flexibility index (Phi) is 13.3. The molecule has 0 radical (unpaired) electrons. The first kappa shape index (κ1) is 30.3. The number of rotatable bonds is 6. The van der Waals surface area contributed by atoms with E-state index in [0.29, 0.717) is 0 Å². The Labute approximate surface area is 203 Å². The van der Waals surface area contributed by atoms with E-state index in [1.165, 1.54) is 27.8 Å². The van der Waals surface area contributed by atoms with Crippen molar-refractivity contribution >= 4 is 11.1 Å². The monoisotopic (exact) mass is 448 g/mol. The maximum absolute atomic E-state index is 13.5. The van der Waals surface area contributed by atoms with Crippen LogP contribution in [0.5, 0.6) is 0 Å². The molecule has 180 valence electrons. The molecule has 0 aliphatic rings. The molecule has 0 amide bonds. The highest BCUT2D eigenvalue weighted by Gasteiger charge is 2.18. The Morgan fingerprint density at radius 3 is 1.94 bits per heavy atom. The number of hydrogen-bond donors (Lipinski definition) is 0. The summed E-state index contributed by atoms with van der Waals surface area (Å²) in [6, 6.07) is 12.5. The number of halogens is 1. The second-order valence-corrected chi connectivity index (χ2v) is 8.76. The summed E-state index contributed by atoms with van der Waals surface area (Å²) in [5.41, 5.74) is 9.42. The van der Waals surface area contributed by atoms with Crippen LogP contribution in [-0.4, -0.2) is 0 Å². The van der Waals surface area contributed by atoms with Crippen molar-refractivity contribution in [2.75, 3.05) is 0 Å². The maximum atomic E-state index is 13.5. The van der Waals surface area contributed by atoms with Crippen LogP contribution in [0.2, 0.25) is 0 Å². The minimum atomic E-state index is -1.23. The molecule has 0 saturated carbocycles. The molecule has 0 bridgehead atoms. The summed E-state index contributed by atoms with van der Waals surface area (Å²) in [4.78, 5) is 0. The molecule has 0 spiro atoms. The van der Waals surface area contributed by atoms with Crippen LogP contribution in [0.15, 0.2) is 73.4 Å². The van der Waals surface area contributed by atoms with Crippen molar-refractivity contribution in [2.24, 2.45) is 0 Å². The smallest absolute Gasteiger partial charge is 0.130 e. The Balaban J connectivity index is 0.000000627. The zero-order valence-electron chi connectivity index (χ0n) is 22.7. The zero-order valence-corrected chi connectivity index (χ0v) is 22.7. The first-order valence-electron chi connectivity index (χ1n) is 11.9. The van der Waals surface area contributed by atoms with Gasteiger partial charge in [0.05, 0.1) is 0 Å². The highest BCUT2D eigenvalue weighted by molar-refractivity contribution is 5.73. The lowest BCUT2D eigenvalue weighted by atomic mass is 9.93. The first-order chi connectivity index (χ1) is 15.4. The van der Waals surface area contributed by atoms with E-state index in [4.69, 9.17) is 0 Å². The van der Waals surface area contributed by atoms with E-state index in [9.17, 15) is 4.39 Å². The summed E-state index contributed by atoms with van der Waals surface area (Å²) in [6.45, 7) is 27.5. The minimum Gasteiger partial charge on any atom is -0.239 e. The van der Waals surface area contributed by atoms with E-state index in [0.717, 1.165) is 28.7 Å². The lowest BCUT2D eigenvalue weighted by molar-refractivity contribution is 0.221. The lowest BCUT2D eigenvalue weighted by Crippen LogP contribution is -2.09. The average molecular weight is 449 g/mol. The molecule has 0 fully saturated rings.